The van der Waals surface area contributed by atoms with E-state index in [1.807, 2.05) is 4.90 Å². The smallest absolute Gasteiger partial charge is 0.236 e. The molecule has 0 radical (unpaired) electrons. The number of nitrogens with two attached hydrogens (primary N) is 1. The van der Waals surface area contributed by atoms with Gasteiger partial charge in [0.05, 0.1) is 13.2 Å². The number of nitrogens with zero attached hydrogens (tertiary/aromatic N) is 1. The Kier molecular flexibility index (Phi) is 5.95. The van der Waals surface area contributed by atoms with Crippen molar-refractivity contribution >= 4 is 23.2 Å². The Hall–Kier alpha value is -1.26. The Morgan fingerprint density at radius 3 is 2.78 bits per heavy atom. The van der Waals surface area contributed by atoms with Gasteiger partial charge in [-0.2, -0.15) is 0 Å². The Morgan fingerprint density at radius 1 is 1.50 bits per heavy atom. The minimum absolute atomic E-state index is 0.0894. The molecule has 1 rings (SSSR count). The van der Waals surface area contributed by atoms with Crippen molar-refractivity contribution in [2.24, 2.45) is 5.73 Å². The molecule has 0 unspecified atom stereocenters. The molecule has 18 heavy (non-hydrogen) atoms. The summed E-state index contributed by atoms with van der Waals surface area (Å²) < 4.78 is 0. The lowest BCUT2D eigenvalue weighted by Gasteiger charge is -2.25. The first kappa shape index (κ1) is 14.8. The summed E-state index contributed by atoms with van der Waals surface area (Å²) in [5.74, 6) is -0.394. The van der Waals surface area contributed by atoms with Crippen molar-refractivity contribution in [3.63, 3.8) is 0 Å². The first-order valence-corrected chi connectivity index (χ1v) is 6.38. The van der Waals surface area contributed by atoms with Gasteiger partial charge in [0, 0.05) is 22.8 Å². The number of carbonyl (C=O) groups is 1. The first-order valence-electron chi connectivity index (χ1n) is 6.01. The highest BCUT2D eigenvalue weighted by Gasteiger charge is 2.13. The Bertz CT molecular complexity index is 410. The Labute approximate surface area is 112 Å². The van der Waals surface area contributed by atoms with Crippen LogP contribution in [0, 0.1) is 0 Å². The maximum absolute atomic E-state index is 11.1. The van der Waals surface area contributed by atoms with Crippen LogP contribution >= 0.6 is 11.6 Å². The average Bonchev–Trinajstić information content (AvgIpc) is 2.34. The van der Waals surface area contributed by atoms with E-state index in [4.69, 9.17) is 17.3 Å². The van der Waals surface area contributed by atoms with Gasteiger partial charge in [0.15, 0.2) is 0 Å². The van der Waals surface area contributed by atoms with Gasteiger partial charge in [-0.15, -0.1) is 0 Å². The van der Waals surface area contributed by atoms with Crippen molar-refractivity contribution < 1.29 is 9.90 Å². The number of halogens is 1. The fraction of sp³-hybridized carbons (Fsp3) is 0.462. The largest absolute Gasteiger partial charge is 0.392 e. The highest BCUT2D eigenvalue weighted by atomic mass is 35.5. The summed E-state index contributed by atoms with van der Waals surface area (Å²) in [6.07, 6.45) is 1.97. The van der Waals surface area contributed by atoms with Gasteiger partial charge in [-0.1, -0.05) is 31.0 Å². The summed E-state index contributed by atoms with van der Waals surface area (Å²) in [7, 11) is 0. The highest BCUT2D eigenvalue weighted by molar-refractivity contribution is 6.30. The molecule has 0 aliphatic carbocycles. The summed E-state index contributed by atoms with van der Waals surface area (Å²) in [6.45, 7) is 2.83. The molecule has 0 saturated heterocycles. The lowest BCUT2D eigenvalue weighted by molar-refractivity contribution is -0.116. The maximum Gasteiger partial charge on any atom is 0.236 e. The zero-order chi connectivity index (χ0) is 13.5. The van der Waals surface area contributed by atoms with Crippen LogP contribution in [0.4, 0.5) is 5.69 Å². The van der Waals surface area contributed by atoms with Crippen LogP contribution in [-0.4, -0.2) is 24.1 Å². The molecular formula is C13H19ClN2O2. The highest BCUT2D eigenvalue weighted by Crippen LogP contribution is 2.25. The van der Waals surface area contributed by atoms with E-state index >= 15 is 0 Å². The van der Waals surface area contributed by atoms with E-state index in [2.05, 4.69) is 6.92 Å². The fourth-order valence-corrected chi connectivity index (χ4v) is 1.95. The van der Waals surface area contributed by atoms with Crippen LogP contribution in [0.1, 0.15) is 25.3 Å². The van der Waals surface area contributed by atoms with E-state index in [1.54, 1.807) is 18.2 Å². The molecule has 0 bridgehead atoms. The second-order valence-corrected chi connectivity index (χ2v) is 4.61. The van der Waals surface area contributed by atoms with Gasteiger partial charge in [-0.25, -0.2) is 0 Å². The van der Waals surface area contributed by atoms with Crippen LogP contribution < -0.4 is 10.6 Å². The summed E-state index contributed by atoms with van der Waals surface area (Å²) in [5, 5.41) is 9.91. The molecular weight excluding hydrogens is 252 g/mol. The molecule has 0 fully saturated rings. The van der Waals surface area contributed by atoms with Crippen molar-refractivity contribution in [1.29, 1.82) is 0 Å². The summed E-state index contributed by atoms with van der Waals surface area (Å²) >= 11 is 5.96. The van der Waals surface area contributed by atoms with E-state index in [-0.39, 0.29) is 13.2 Å². The van der Waals surface area contributed by atoms with Crippen LogP contribution in [0.5, 0.6) is 0 Å². The number of aliphatic hydroxyl groups is 1. The third kappa shape index (κ3) is 4.20. The number of aliphatic hydroxyl groups excluding tert-OH is 1. The molecule has 0 saturated carbocycles. The van der Waals surface area contributed by atoms with E-state index < -0.39 is 5.91 Å². The zero-order valence-electron chi connectivity index (χ0n) is 10.5. The molecule has 0 aliphatic rings. The first-order chi connectivity index (χ1) is 8.58. The van der Waals surface area contributed by atoms with Gasteiger partial charge in [0.25, 0.3) is 0 Å². The molecule has 3 N–H and O–H groups in total. The minimum Gasteiger partial charge on any atom is -0.392 e. The second-order valence-electron chi connectivity index (χ2n) is 4.17. The number of hydrogen-bond donors (Lipinski definition) is 2. The van der Waals surface area contributed by atoms with Gasteiger partial charge in [-0.05, 0) is 18.6 Å². The van der Waals surface area contributed by atoms with Crippen LogP contribution in [0.3, 0.4) is 0 Å². The van der Waals surface area contributed by atoms with Gasteiger partial charge in [-0.3, -0.25) is 4.79 Å². The minimum atomic E-state index is -0.394. The van der Waals surface area contributed by atoms with E-state index in [0.717, 1.165) is 24.1 Å². The van der Waals surface area contributed by atoms with E-state index in [9.17, 15) is 9.90 Å². The number of amides is 1. The molecule has 1 amide bonds. The number of primary amides is 1. The van der Waals surface area contributed by atoms with Crippen LogP contribution in [-0.2, 0) is 11.4 Å². The van der Waals surface area contributed by atoms with Crippen LogP contribution in [0.15, 0.2) is 18.2 Å². The number of anilines is 1. The zero-order valence-corrected chi connectivity index (χ0v) is 11.3. The fourth-order valence-electron chi connectivity index (χ4n) is 1.79. The van der Waals surface area contributed by atoms with Gasteiger partial charge < -0.3 is 15.7 Å². The molecule has 0 aliphatic heterocycles. The molecule has 1 aromatic carbocycles. The van der Waals surface area contributed by atoms with Gasteiger partial charge in [0.2, 0.25) is 5.91 Å². The van der Waals surface area contributed by atoms with E-state index in [1.165, 1.54) is 0 Å². The summed E-state index contributed by atoms with van der Waals surface area (Å²) in [6, 6.07) is 5.24. The molecule has 5 heteroatoms. The van der Waals surface area contributed by atoms with Crippen molar-refractivity contribution in [2.45, 2.75) is 26.4 Å². The number of hydrogen-bond acceptors (Lipinski definition) is 3. The topological polar surface area (TPSA) is 66.6 Å². The van der Waals surface area contributed by atoms with Crippen molar-refractivity contribution in [1.82, 2.24) is 0 Å². The van der Waals surface area contributed by atoms with Crippen LogP contribution in [0.25, 0.3) is 0 Å². The third-order valence-electron chi connectivity index (χ3n) is 2.69. The molecule has 100 valence electrons. The lowest BCUT2D eigenvalue weighted by Crippen LogP contribution is -2.35. The molecule has 0 heterocycles. The van der Waals surface area contributed by atoms with E-state index in [0.29, 0.717) is 11.6 Å². The van der Waals surface area contributed by atoms with Crippen molar-refractivity contribution in [3.05, 3.63) is 28.8 Å². The quantitative estimate of drug-likeness (QED) is 0.796. The third-order valence-corrected chi connectivity index (χ3v) is 2.92. The molecule has 1 aromatic rings. The van der Waals surface area contributed by atoms with Gasteiger partial charge >= 0.3 is 0 Å². The number of benzene rings is 1. The van der Waals surface area contributed by atoms with Gasteiger partial charge in [0.1, 0.15) is 0 Å². The molecule has 0 atom stereocenters. The Balaban J connectivity index is 3.01. The predicted octanol–water partition coefficient (Wildman–Crippen LogP) is 1.92. The molecule has 0 spiro atoms. The number of rotatable bonds is 7. The number of unbranched alkanes of at least 4 members (excludes halogenated alkanes) is 1. The average molecular weight is 271 g/mol. The lowest BCUT2D eigenvalue weighted by atomic mass is 10.1. The monoisotopic (exact) mass is 270 g/mol. The predicted molar refractivity (Wildman–Crippen MR) is 73.7 cm³/mol. The molecule has 0 aromatic heterocycles. The number of carbonyl (C=O) groups excluding carboxylic acids is 1. The normalized spacial score (nSPS) is 10.4. The SMILES string of the molecule is CCCCN(CC(N)=O)c1cc(Cl)ccc1CO. The summed E-state index contributed by atoms with van der Waals surface area (Å²) in [4.78, 5) is 13.0. The Morgan fingerprint density at radius 2 is 2.22 bits per heavy atom. The standard InChI is InChI=1S/C13H19ClN2O2/c1-2-3-6-16(8-13(15)18)12-7-11(14)5-4-10(12)9-17/h4-5,7,17H,2-3,6,8-9H2,1H3,(H2,15,18). The summed E-state index contributed by atoms with van der Waals surface area (Å²) in [5.41, 5.74) is 6.78. The van der Waals surface area contributed by atoms with Crippen molar-refractivity contribution in [3.8, 4) is 0 Å². The van der Waals surface area contributed by atoms with Crippen molar-refractivity contribution in [2.75, 3.05) is 18.0 Å². The van der Waals surface area contributed by atoms with Crippen LogP contribution in [0.2, 0.25) is 5.02 Å². The maximum atomic E-state index is 11.1. The second kappa shape index (κ2) is 7.24. The molecule has 4 nitrogen and oxygen atoms in total.